The SMILES string of the molecule is C[C@@H](CC(=O)NCc1ccc(N(C)C)cc1)n1cccn1. The van der Waals surface area contributed by atoms with Gasteiger partial charge in [-0.3, -0.25) is 9.48 Å². The maximum atomic E-state index is 11.9. The van der Waals surface area contributed by atoms with Gasteiger partial charge in [-0.25, -0.2) is 0 Å². The van der Waals surface area contributed by atoms with E-state index >= 15 is 0 Å². The molecule has 1 aromatic carbocycles. The van der Waals surface area contributed by atoms with Crippen molar-refractivity contribution in [1.82, 2.24) is 15.1 Å². The molecule has 2 rings (SSSR count). The summed E-state index contributed by atoms with van der Waals surface area (Å²) < 4.78 is 1.80. The third kappa shape index (κ3) is 4.34. The van der Waals surface area contributed by atoms with Gasteiger partial charge in [-0.05, 0) is 30.7 Å². The van der Waals surface area contributed by atoms with Gasteiger partial charge in [-0.1, -0.05) is 12.1 Å². The highest BCUT2D eigenvalue weighted by molar-refractivity contribution is 5.76. The Bertz CT molecular complexity index is 560. The first kappa shape index (κ1) is 15.1. The summed E-state index contributed by atoms with van der Waals surface area (Å²) in [6.07, 6.45) is 4.02. The monoisotopic (exact) mass is 286 g/mol. The van der Waals surface area contributed by atoms with E-state index < -0.39 is 0 Å². The molecular formula is C16H22N4O. The van der Waals surface area contributed by atoms with Gasteiger partial charge in [-0.15, -0.1) is 0 Å². The van der Waals surface area contributed by atoms with Crippen molar-refractivity contribution in [3.05, 3.63) is 48.3 Å². The zero-order chi connectivity index (χ0) is 15.2. The first-order valence-corrected chi connectivity index (χ1v) is 7.08. The zero-order valence-electron chi connectivity index (χ0n) is 12.8. The fraction of sp³-hybridized carbons (Fsp3) is 0.375. The molecule has 0 unspecified atom stereocenters. The predicted molar refractivity (Wildman–Crippen MR) is 84.2 cm³/mol. The van der Waals surface area contributed by atoms with Gasteiger partial charge in [0, 0.05) is 45.1 Å². The highest BCUT2D eigenvalue weighted by Gasteiger charge is 2.10. The minimum Gasteiger partial charge on any atom is -0.378 e. The highest BCUT2D eigenvalue weighted by atomic mass is 16.1. The molecule has 1 atom stereocenters. The van der Waals surface area contributed by atoms with E-state index in [0.29, 0.717) is 13.0 Å². The molecule has 2 aromatic rings. The number of aromatic nitrogens is 2. The molecule has 5 heteroatoms. The van der Waals surface area contributed by atoms with Crippen LogP contribution in [0.15, 0.2) is 42.7 Å². The van der Waals surface area contributed by atoms with E-state index in [1.165, 1.54) is 0 Å². The first-order chi connectivity index (χ1) is 10.1. The summed E-state index contributed by atoms with van der Waals surface area (Å²) in [6, 6.07) is 10.1. The molecule has 1 heterocycles. The summed E-state index contributed by atoms with van der Waals surface area (Å²) in [5, 5.41) is 7.09. The molecule has 21 heavy (non-hydrogen) atoms. The van der Waals surface area contributed by atoms with Crippen LogP contribution in [0.2, 0.25) is 0 Å². The topological polar surface area (TPSA) is 50.2 Å². The van der Waals surface area contributed by atoms with Crippen molar-refractivity contribution < 1.29 is 4.79 Å². The Kier molecular flexibility index (Phi) is 4.98. The molecular weight excluding hydrogens is 264 g/mol. The van der Waals surface area contributed by atoms with Crippen LogP contribution in [0.3, 0.4) is 0 Å². The number of carbonyl (C=O) groups is 1. The van der Waals surface area contributed by atoms with Crippen LogP contribution in [0.25, 0.3) is 0 Å². The van der Waals surface area contributed by atoms with Gasteiger partial charge < -0.3 is 10.2 Å². The fourth-order valence-corrected chi connectivity index (χ4v) is 2.09. The Balaban J connectivity index is 1.81. The molecule has 0 spiro atoms. The van der Waals surface area contributed by atoms with Crippen LogP contribution in [-0.4, -0.2) is 29.8 Å². The van der Waals surface area contributed by atoms with Crippen LogP contribution < -0.4 is 10.2 Å². The first-order valence-electron chi connectivity index (χ1n) is 7.08. The number of anilines is 1. The highest BCUT2D eigenvalue weighted by Crippen LogP contribution is 2.12. The summed E-state index contributed by atoms with van der Waals surface area (Å²) >= 11 is 0. The Hall–Kier alpha value is -2.30. The summed E-state index contributed by atoms with van der Waals surface area (Å²) in [5.74, 6) is 0.0367. The summed E-state index contributed by atoms with van der Waals surface area (Å²) in [7, 11) is 4.01. The second kappa shape index (κ2) is 6.92. The maximum absolute atomic E-state index is 11.9. The molecule has 112 valence electrons. The molecule has 1 amide bonds. The van der Waals surface area contributed by atoms with Crippen molar-refractivity contribution in [2.45, 2.75) is 25.9 Å². The molecule has 0 saturated heterocycles. The van der Waals surface area contributed by atoms with Crippen molar-refractivity contribution in [3.63, 3.8) is 0 Å². The number of amides is 1. The average Bonchev–Trinajstić information content (AvgIpc) is 3.00. The molecule has 0 aliphatic carbocycles. The minimum atomic E-state index is 0.0367. The van der Waals surface area contributed by atoms with Crippen LogP contribution in [0.4, 0.5) is 5.69 Å². The fourth-order valence-electron chi connectivity index (χ4n) is 2.09. The zero-order valence-corrected chi connectivity index (χ0v) is 12.8. The molecule has 0 aliphatic heterocycles. The molecule has 0 saturated carbocycles. The minimum absolute atomic E-state index is 0.0367. The number of benzene rings is 1. The molecule has 0 fully saturated rings. The van der Waals surface area contributed by atoms with Crippen LogP contribution in [-0.2, 0) is 11.3 Å². The van der Waals surface area contributed by atoms with E-state index in [1.54, 1.807) is 10.9 Å². The predicted octanol–water partition coefficient (Wildman–Crippen LogP) is 2.22. The van der Waals surface area contributed by atoms with Crippen LogP contribution in [0.1, 0.15) is 24.9 Å². The van der Waals surface area contributed by atoms with Crippen LogP contribution in [0.5, 0.6) is 0 Å². The lowest BCUT2D eigenvalue weighted by atomic mass is 10.2. The largest absolute Gasteiger partial charge is 0.378 e. The normalized spacial score (nSPS) is 12.0. The Labute approximate surface area is 125 Å². The van der Waals surface area contributed by atoms with Crippen LogP contribution in [0, 0.1) is 0 Å². The van der Waals surface area contributed by atoms with Crippen molar-refractivity contribution in [2.24, 2.45) is 0 Å². The van der Waals surface area contributed by atoms with Crippen LogP contribution >= 0.6 is 0 Å². The van der Waals surface area contributed by atoms with Gasteiger partial charge in [0.15, 0.2) is 0 Å². The van der Waals surface area contributed by atoms with E-state index in [2.05, 4.69) is 10.4 Å². The lowest BCUT2D eigenvalue weighted by molar-refractivity contribution is -0.122. The third-order valence-corrected chi connectivity index (χ3v) is 3.40. The number of carbonyl (C=O) groups excluding carboxylic acids is 1. The molecule has 5 nitrogen and oxygen atoms in total. The van der Waals surface area contributed by atoms with Gasteiger partial charge in [0.1, 0.15) is 0 Å². The molecule has 0 aliphatic rings. The lowest BCUT2D eigenvalue weighted by Crippen LogP contribution is -2.25. The summed E-state index contributed by atoms with van der Waals surface area (Å²) in [6.45, 7) is 2.54. The van der Waals surface area contributed by atoms with Crippen molar-refractivity contribution in [1.29, 1.82) is 0 Å². The van der Waals surface area contributed by atoms with Gasteiger partial charge in [-0.2, -0.15) is 5.10 Å². The number of nitrogens with one attached hydrogen (secondary N) is 1. The molecule has 0 radical (unpaired) electrons. The molecule has 1 aromatic heterocycles. The van der Waals surface area contributed by atoms with Gasteiger partial charge >= 0.3 is 0 Å². The summed E-state index contributed by atoms with van der Waals surface area (Å²) in [4.78, 5) is 14.0. The van der Waals surface area contributed by atoms with Crippen molar-refractivity contribution >= 4 is 11.6 Å². The summed E-state index contributed by atoms with van der Waals surface area (Å²) in [5.41, 5.74) is 2.25. The van der Waals surface area contributed by atoms with E-state index in [1.807, 2.05) is 62.4 Å². The number of hydrogen-bond acceptors (Lipinski definition) is 3. The van der Waals surface area contributed by atoms with Gasteiger partial charge in [0.25, 0.3) is 0 Å². The third-order valence-electron chi connectivity index (χ3n) is 3.40. The lowest BCUT2D eigenvalue weighted by Gasteiger charge is -2.14. The van der Waals surface area contributed by atoms with Gasteiger partial charge in [0.05, 0.1) is 6.04 Å². The van der Waals surface area contributed by atoms with E-state index in [4.69, 9.17) is 0 Å². The second-order valence-corrected chi connectivity index (χ2v) is 5.38. The van der Waals surface area contributed by atoms with Crippen molar-refractivity contribution in [3.8, 4) is 0 Å². The van der Waals surface area contributed by atoms with Crippen molar-refractivity contribution in [2.75, 3.05) is 19.0 Å². The second-order valence-electron chi connectivity index (χ2n) is 5.38. The quantitative estimate of drug-likeness (QED) is 0.886. The standard InChI is InChI=1S/C16H22N4O/c1-13(20-10-4-9-18-20)11-16(21)17-12-14-5-7-15(8-6-14)19(2)3/h4-10,13H,11-12H2,1-3H3,(H,17,21)/t13-/m0/s1. The number of nitrogens with zero attached hydrogens (tertiary/aromatic N) is 3. The Morgan fingerprint density at radius 1 is 1.33 bits per heavy atom. The maximum Gasteiger partial charge on any atom is 0.222 e. The van der Waals surface area contributed by atoms with Gasteiger partial charge in [0.2, 0.25) is 5.91 Å². The number of rotatable bonds is 6. The van der Waals surface area contributed by atoms with E-state index in [-0.39, 0.29) is 11.9 Å². The Morgan fingerprint density at radius 3 is 2.62 bits per heavy atom. The molecule has 0 bridgehead atoms. The Morgan fingerprint density at radius 2 is 2.05 bits per heavy atom. The smallest absolute Gasteiger partial charge is 0.222 e. The van der Waals surface area contributed by atoms with E-state index in [9.17, 15) is 4.79 Å². The molecule has 1 N–H and O–H groups in total. The van der Waals surface area contributed by atoms with E-state index in [0.717, 1.165) is 11.3 Å². The number of hydrogen-bond donors (Lipinski definition) is 1. The average molecular weight is 286 g/mol.